The second-order valence-electron chi connectivity index (χ2n) is 5.08. The van der Waals surface area contributed by atoms with Gasteiger partial charge in [-0.2, -0.15) is 0 Å². The van der Waals surface area contributed by atoms with Crippen LogP contribution in [0.15, 0.2) is 12.1 Å². The van der Waals surface area contributed by atoms with Gasteiger partial charge in [0.1, 0.15) is 0 Å². The minimum Gasteiger partial charge on any atom is -0.312 e. The topological polar surface area (TPSA) is 12.0 Å². The highest BCUT2D eigenvalue weighted by molar-refractivity contribution is 7.12. The second-order valence-corrected chi connectivity index (χ2v) is 6.20. The minimum atomic E-state index is 0.285. The van der Waals surface area contributed by atoms with Gasteiger partial charge in [-0.05, 0) is 31.0 Å². The lowest BCUT2D eigenvalue weighted by molar-refractivity contribution is 0.550. The lowest BCUT2D eigenvalue weighted by atomic mass is 9.95. The lowest BCUT2D eigenvalue weighted by Crippen LogP contribution is -2.14. The van der Waals surface area contributed by atoms with E-state index < -0.39 is 0 Å². The Hall–Kier alpha value is -0.340. The van der Waals surface area contributed by atoms with E-state index in [-0.39, 0.29) is 5.41 Å². The lowest BCUT2D eigenvalue weighted by Gasteiger charge is -2.16. The molecule has 0 spiro atoms. The van der Waals surface area contributed by atoms with Gasteiger partial charge in [-0.3, -0.25) is 0 Å². The van der Waals surface area contributed by atoms with Crippen LogP contribution in [0.4, 0.5) is 0 Å². The van der Waals surface area contributed by atoms with E-state index in [0.29, 0.717) is 6.04 Å². The van der Waals surface area contributed by atoms with Gasteiger partial charge in [0, 0.05) is 15.8 Å². The molecule has 0 aliphatic carbocycles. The van der Waals surface area contributed by atoms with E-state index >= 15 is 0 Å². The average Bonchev–Trinajstić information content (AvgIpc) is 2.62. The summed E-state index contributed by atoms with van der Waals surface area (Å²) in [6.07, 6.45) is 2.45. The summed E-state index contributed by atoms with van der Waals surface area (Å²) in [6, 6.07) is 5.10. The average molecular weight is 225 g/mol. The summed E-state index contributed by atoms with van der Waals surface area (Å²) in [5.41, 5.74) is 0.285. The molecule has 15 heavy (non-hydrogen) atoms. The molecule has 1 N–H and O–H groups in total. The summed E-state index contributed by atoms with van der Waals surface area (Å²) in [5, 5.41) is 3.39. The first-order valence-corrected chi connectivity index (χ1v) is 6.58. The van der Waals surface area contributed by atoms with E-state index in [1.54, 1.807) is 0 Å². The molecule has 0 aliphatic rings. The highest BCUT2D eigenvalue weighted by Gasteiger charge is 2.18. The second kappa shape index (κ2) is 5.13. The Morgan fingerprint density at radius 3 is 2.40 bits per heavy atom. The quantitative estimate of drug-likeness (QED) is 0.813. The molecule has 1 aromatic heterocycles. The van der Waals surface area contributed by atoms with E-state index in [1.807, 2.05) is 11.3 Å². The fourth-order valence-corrected chi connectivity index (χ4v) is 2.87. The molecule has 1 nitrogen and oxygen atoms in total. The molecule has 0 saturated carbocycles. The molecule has 1 aromatic rings. The number of hydrogen-bond donors (Lipinski definition) is 1. The Bertz CT molecular complexity index is 296. The number of nitrogens with one attached hydrogen (secondary N) is 1. The molecule has 1 atom stereocenters. The molecular formula is C13H23NS. The van der Waals surface area contributed by atoms with Gasteiger partial charge in [-0.1, -0.05) is 34.1 Å². The molecule has 0 aromatic carbocycles. The van der Waals surface area contributed by atoms with Crippen LogP contribution in [0.25, 0.3) is 0 Å². The predicted octanol–water partition coefficient (Wildman–Crippen LogP) is 4.11. The third-order valence-corrected chi connectivity index (χ3v) is 4.26. The molecule has 0 amide bonds. The van der Waals surface area contributed by atoms with Crippen molar-refractivity contribution in [2.24, 2.45) is 0 Å². The first kappa shape index (κ1) is 12.7. The first-order chi connectivity index (χ1) is 6.99. The van der Waals surface area contributed by atoms with Crippen molar-refractivity contribution in [2.75, 3.05) is 7.05 Å². The van der Waals surface area contributed by atoms with Crippen molar-refractivity contribution in [1.82, 2.24) is 5.32 Å². The standard InChI is InChI=1S/C13H23NS/c1-6-7-10(14-5)11-8-9-12(15-11)13(2,3)4/h8-10,14H,6-7H2,1-5H3. The van der Waals surface area contributed by atoms with Crippen LogP contribution >= 0.6 is 11.3 Å². The number of hydrogen-bond acceptors (Lipinski definition) is 2. The van der Waals surface area contributed by atoms with Crippen LogP contribution in [0.5, 0.6) is 0 Å². The van der Waals surface area contributed by atoms with E-state index in [9.17, 15) is 0 Å². The maximum Gasteiger partial charge on any atom is 0.0412 e. The molecule has 0 aliphatic heterocycles. The van der Waals surface area contributed by atoms with Crippen molar-refractivity contribution in [3.05, 3.63) is 21.9 Å². The molecule has 2 heteroatoms. The molecular weight excluding hydrogens is 202 g/mol. The molecule has 86 valence electrons. The van der Waals surface area contributed by atoms with Crippen molar-refractivity contribution >= 4 is 11.3 Å². The van der Waals surface area contributed by atoms with Gasteiger partial charge < -0.3 is 5.32 Å². The van der Waals surface area contributed by atoms with Crippen molar-refractivity contribution in [2.45, 2.75) is 52.0 Å². The largest absolute Gasteiger partial charge is 0.312 e. The summed E-state index contributed by atoms with van der Waals surface area (Å²) >= 11 is 1.95. The van der Waals surface area contributed by atoms with E-state index in [0.717, 1.165) is 0 Å². The number of rotatable bonds is 4. The van der Waals surface area contributed by atoms with Gasteiger partial charge in [-0.15, -0.1) is 11.3 Å². The summed E-state index contributed by atoms with van der Waals surface area (Å²) in [4.78, 5) is 2.96. The zero-order valence-electron chi connectivity index (χ0n) is 10.6. The SMILES string of the molecule is CCCC(NC)c1ccc(C(C)(C)C)s1. The Kier molecular flexibility index (Phi) is 4.35. The van der Waals surface area contributed by atoms with Crippen LogP contribution in [-0.2, 0) is 5.41 Å². The molecule has 1 rings (SSSR count). The van der Waals surface area contributed by atoms with Crippen molar-refractivity contribution < 1.29 is 0 Å². The zero-order valence-corrected chi connectivity index (χ0v) is 11.4. The van der Waals surface area contributed by atoms with Crippen molar-refractivity contribution in [3.63, 3.8) is 0 Å². The normalized spacial score (nSPS) is 14.2. The first-order valence-electron chi connectivity index (χ1n) is 5.76. The minimum absolute atomic E-state index is 0.285. The molecule has 0 saturated heterocycles. The highest BCUT2D eigenvalue weighted by Crippen LogP contribution is 2.33. The third kappa shape index (κ3) is 3.32. The molecule has 1 unspecified atom stereocenters. The van der Waals surface area contributed by atoms with Crippen molar-refractivity contribution in [3.8, 4) is 0 Å². The summed E-state index contributed by atoms with van der Waals surface area (Å²) in [7, 11) is 2.05. The highest BCUT2D eigenvalue weighted by atomic mass is 32.1. The van der Waals surface area contributed by atoms with Crippen molar-refractivity contribution in [1.29, 1.82) is 0 Å². The summed E-state index contributed by atoms with van der Waals surface area (Å²) in [6.45, 7) is 9.06. The van der Waals surface area contributed by atoms with Gasteiger partial charge in [0.15, 0.2) is 0 Å². The molecule has 0 fully saturated rings. The maximum absolute atomic E-state index is 3.39. The van der Waals surface area contributed by atoms with E-state index in [2.05, 4.69) is 52.2 Å². The smallest absolute Gasteiger partial charge is 0.0412 e. The van der Waals surface area contributed by atoms with Crippen LogP contribution in [0.1, 0.15) is 56.3 Å². The molecule has 0 radical (unpaired) electrons. The summed E-state index contributed by atoms with van der Waals surface area (Å²) in [5.74, 6) is 0. The fraction of sp³-hybridized carbons (Fsp3) is 0.692. The Balaban J connectivity index is 2.82. The zero-order chi connectivity index (χ0) is 11.5. The Morgan fingerprint density at radius 2 is 2.00 bits per heavy atom. The van der Waals surface area contributed by atoms with Crippen LogP contribution in [0.3, 0.4) is 0 Å². The van der Waals surface area contributed by atoms with E-state index in [1.165, 1.54) is 22.6 Å². The van der Waals surface area contributed by atoms with Gasteiger partial charge in [0.05, 0.1) is 0 Å². The van der Waals surface area contributed by atoms with Crippen LogP contribution in [0, 0.1) is 0 Å². The van der Waals surface area contributed by atoms with Crippen LogP contribution in [-0.4, -0.2) is 7.05 Å². The van der Waals surface area contributed by atoms with Gasteiger partial charge in [-0.25, -0.2) is 0 Å². The Morgan fingerprint density at radius 1 is 1.33 bits per heavy atom. The molecule has 1 heterocycles. The van der Waals surface area contributed by atoms with Crippen LogP contribution in [0.2, 0.25) is 0 Å². The maximum atomic E-state index is 3.39. The third-order valence-electron chi connectivity index (χ3n) is 2.64. The fourth-order valence-electron chi connectivity index (χ4n) is 1.66. The number of thiophene rings is 1. The summed E-state index contributed by atoms with van der Waals surface area (Å²) < 4.78 is 0. The predicted molar refractivity (Wildman–Crippen MR) is 69.7 cm³/mol. The van der Waals surface area contributed by atoms with Gasteiger partial charge in [0.25, 0.3) is 0 Å². The molecule has 0 bridgehead atoms. The Labute approximate surface area is 97.9 Å². The monoisotopic (exact) mass is 225 g/mol. The van der Waals surface area contributed by atoms with Gasteiger partial charge in [0.2, 0.25) is 0 Å². The van der Waals surface area contributed by atoms with Crippen LogP contribution < -0.4 is 5.32 Å². The van der Waals surface area contributed by atoms with Gasteiger partial charge >= 0.3 is 0 Å². The van der Waals surface area contributed by atoms with E-state index in [4.69, 9.17) is 0 Å².